The molecule has 0 saturated carbocycles. The Balaban J connectivity index is 2.79. The van der Waals surface area contributed by atoms with Crippen LogP contribution in [0.5, 0.6) is 0 Å². The van der Waals surface area contributed by atoms with E-state index in [1.165, 1.54) is 0 Å². The molecule has 1 saturated heterocycles. The van der Waals surface area contributed by atoms with E-state index in [4.69, 9.17) is 0 Å². The summed E-state index contributed by atoms with van der Waals surface area (Å²) in [5.74, 6) is 0.236. The predicted molar refractivity (Wildman–Crippen MR) is 85.9 cm³/mol. The first-order chi connectivity index (χ1) is 8.83. The molecule has 20 heavy (non-hydrogen) atoms. The molecule has 1 aliphatic rings. The molecule has 4 nitrogen and oxygen atoms in total. The van der Waals surface area contributed by atoms with Crippen LogP contribution in [-0.4, -0.2) is 54.5 Å². The second kappa shape index (κ2) is 5.58. The van der Waals surface area contributed by atoms with Gasteiger partial charge in [0.25, 0.3) is 0 Å². The average molecular weight is 305 g/mol. The zero-order valence-corrected chi connectivity index (χ0v) is 15.0. The average Bonchev–Trinajstić information content (AvgIpc) is 2.29. The summed E-state index contributed by atoms with van der Waals surface area (Å²) in [4.78, 5) is 2.33. The van der Waals surface area contributed by atoms with Gasteiger partial charge in [-0.3, -0.25) is 4.90 Å². The molecule has 1 atom stereocenters. The van der Waals surface area contributed by atoms with Crippen LogP contribution < -0.4 is 5.32 Å². The maximum atomic E-state index is 12.3. The SMILES string of the molecule is CCC1(C)CN(CCS(=O)(=O)C(C)(C)C)C(C)(C)CN1. The summed E-state index contributed by atoms with van der Waals surface area (Å²) in [6.07, 6.45) is 1.05. The molecule has 0 spiro atoms. The Kier molecular flexibility index (Phi) is 5.00. The molecule has 5 heteroatoms. The molecule has 0 aliphatic carbocycles. The highest BCUT2D eigenvalue weighted by atomic mass is 32.2. The first-order valence-electron chi connectivity index (χ1n) is 7.55. The van der Waals surface area contributed by atoms with Gasteiger partial charge in [-0.2, -0.15) is 0 Å². The molecule has 1 rings (SSSR count). The Morgan fingerprint density at radius 1 is 1.20 bits per heavy atom. The van der Waals surface area contributed by atoms with Gasteiger partial charge in [-0.05, 0) is 48.0 Å². The zero-order chi connectivity index (χ0) is 15.8. The van der Waals surface area contributed by atoms with Crippen molar-refractivity contribution < 1.29 is 8.42 Å². The maximum Gasteiger partial charge on any atom is 0.156 e. The molecule has 1 heterocycles. The highest BCUT2D eigenvalue weighted by Crippen LogP contribution is 2.26. The third kappa shape index (κ3) is 3.95. The third-order valence-electron chi connectivity index (χ3n) is 4.69. The fraction of sp³-hybridized carbons (Fsp3) is 1.00. The number of rotatable bonds is 4. The molecule has 0 amide bonds. The monoisotopic (exact) mass is 304 g/mol. The van der Waals surface area contributed by atoms with E-state index in [0.717, 1.165) is 19.5 Å². The molecule has 0 aromatic rings. The number of piperazine rings is 1. The molecule has 1 unspecified atom stereocenters. The summed E-state index contributed by atoms with van der Waals surface area (Å²) in [5.41, 5.74) is 0.0864. The van der Waals surface area contributed by atoms with Crippen LogP contribution in [0, 0.1) is 0 Å². The maximum absolute atomic E-state index is 12.3. The van der Waals surface area contributed by atoms with Crippen LogP contribution in [0.1, 0.15) is 54.9 Å². The van der Waals surface area contributed by atoms with Crippen molar-refractivity contribution in [3.8, 4) is 0 Å². The van der Waals surface area contributed by atoms with E-state index in [2.05, 4.69) is 37.9 Å². The molecular formula is C15H32N2O2S. The van der Waals surface area contributed by atoms with E-state index >= 15 is 0 Å². The fourth-order valence-electron chi connectivity index (χ4n) is 2.39. The van der Waals surface area contributed by atoms with Crippen LogP contribution >= 0.6 is 0 Å². The number of hydrogen-bond acceptors (Lipinski definition) is 4. The first kappa shape index (κ1) is 17.9. The van der Waals surface area contributed by atoms with Crippen LogP contribution in [0.15, 0.2) is 0 Å². The fourth-order valence-corrected chi connectivity index (χ4v) is 3.46. The Labute approximate surface area is 125 Å². The minimum absolute atomic E-state index is 0.00207. The summed E-state index contributed by atoms with van der Waals surface area (Å²) in [6.45, 7) is 16.5. The van der Waals surface area contributed by atoms with E-state index < -0.39 is 14.6 Å². The van der Waals surface area contributed by atoms with Gasteiger partial charge in [0.2, 0.25) is 0 Å². The minimum atomic E-state index is -3.05. The van der Waals surface area contributed by atoms with E-state index in [1.807, 2.05) is 0 Å². The Bertz CT molecular complexity index is 437. The molecule has 1 aliphatic heterocycles. The van der Waals surface area contributed by atoms with Gasteiger partial charge < -0.3 is 5.32 Å². The van der Waals surface area contributed by atoms with Crippen molar-refractivity contribution in [3.05, 3.63) is 0 Å². The number of nitrogens with one attached hydrogen (secondary N) is 1. The van der Waals surface area contributed by atoms with Gasteiger partial charge in [0, 0.05) is 30.7 Å². The van der Waals surface area contributed by atoms with Crippen molar-refractivity contribution in [2.75, 3.05) is 25.4 Å². The molecule has 120 valence electrons. The van der Waals surface area contributed by atoms with Crippen LogP contribution in [0.2, 0.25) is 0 Å². The van der Waals surface area contributed by atoms with Gasteiger partial charge >= 0.3 is 0 Å². The van der Waals surface area contributed by atoms with Crippen molar-refractivity contribution >= 4 is 9.84 Å². The van der Waals surface area contributed by atoms with Crippen molar-refractivity contribution in [1.82, 2.24) is 10.2 Å². The van der Waals surface area contributed by atoms with Crippen LogP contribution in [0.4, 0.5) is 0 Å². The highest BCUT2D eigenvalue weighted by Gasteiger charge is 2.40. The van der Waals surface area contributed by atoms with Crippen LogP contribution in [0.3, 0.4) is 0 Å². The van der Waals surface area contributed by atoms with Crippen molar-refractivity contribution in [2.24, 2.45) is 0 Å². The van der Waals surface area contributed by atoms with Crippen molar-refractivity contribution in [2.45, 2.75) is 70.7 Å². The number of nitrogens with zero attached hydrogens (tertiary/aromatic N) is 1. The normalized spacial score (nSPS) is 28.6. The first-order valence-corrected chi connectivity index (χ1v) is 9.21. The van der Waals surface area contributed by atoms with Crippen LogP contribution in [-0.2, 0) is 9.84 Å². The molecule has 1 fully saturated rings. The lowest BCUT2D eigenvalue weighted by atomic mass is 9.88. The number of sulfone groups is 1. The molecule has 0 aromatic heterocycles. The largest absolute Gasteiger partial charge is 0.308 e. The summed E-state index contributed by atoms with van der Waals surface area (Å²) in [5, 5.41) is 3.60. The number of hydrogen-bond donors (Lipinski definition) is 1. The highest BCUT2D eigenvalue weighted by molar-refractivity contribution is 7.92. The van der Waals surface area contributed by atoms with Crippen molar-refractivity contribution in [3.63, 3.8) is 0 Å². The Hall–Kier alpha value is -0.130. The van der Waals surface area contributed by atoms with Gasteiger partial charge in [0.05, 0.1) is 10.5 Å². The Morgan fingerprint density at radius 2 is 1.75 bits per heavy atom. The van der Waals surface area contributed by atoms with E-state index in [-0.39, 0.29) is 16.8 Å². The lowest BCUT2D eigenvalue weighted by Crippen LogP contribution is -2.67. The van der Waals surface area contributed by atoms with Crippen LogP contribution in [0.25, 0.3) is 0 Å². The van der Waals surface area contributed by atoms with Gasteiger partial charge in [0.1, 0.15) is 0 Å². The quantitative estimate of drug-likeness (QED) is 0.863. The molecule has 0 radical (unpaired) electrons. The van der Waals surface area contributed by atoms with Gasteiger partial charge in [-0.25, -0.2) is 8.42 Å². The molecule has 0 aromatic carbocycles. The third-order valence-corrected chi connectivity index (χ3v) is 7.27. The van der Waals surface area contributed by atoms with E-state index in [0.29, 0.717) is 6.54 Å². The molecule has 1 N–H and O–H groups in total. The summed E-state index contributed by atoms with van der Waals surface area (Å²) < 4.78 is 23.9. The zero-order valence-electron chi connectivity index (χ0n) is 14.2. The lowest BCUT2D eigenvalue weighted by molar-refractivity contribution is 0.0366. The summed E-state index contributed by atoms with van der Waals surface area (Å²) >= 11 is 0. The predicted octanol–water partition coefficient (Wildman–Crippen LogP) is 2.05. The summed E-state index contributed by atoms with van der Waals surface area (Å²) in [7, 11) is -3.05. The van der Waals surface area contributed by atoms with E-state index in [1.54, 1.807) is 20.8 Å². The van der Waals surface area contributed by atoms with Gasteiger partial charge in [0.15, 0.2) is 9.84 Å². The van der Waals surface area contributed by atoms with E-state index in [9.17, 15) is 8.42 Å². The van der Waals surface area contributed by atoms with Crippen molar-refractivity contribution in [1.29, 1.82) is 0 Å². The smallest absolute Gasteiger partial charge is 0.156 e. The minimum Gasteiger partial charge on any atom is -0.308 e. The summed E-state index contributed by atoms with van der Waals surface area (Å²) in [6, 6.07) is 0. The standard InChI is InChI=1S/C15H32N2O2S/c1-8-15(7)12-17(14(5,6)11-16-15)9-10-20(18,19)13(2,3)4/h16H,8-12H2,1-7H3. The van der Waals surface area contributed by atoms with Gasteiger partial charge in [-0.15, -0.1) is 0 Å². The second-order valence-electron chi connectivity index (χ2n) is 7.93. The molecular weight excluding hydrogens is 272 g/mol. The lowest BCUT2D eigenvalue weighted by Gasteiger charge is -2.51. The second-order valence-corrected chi connectivity index (χ2v) is 10.8. The van der Waals surface area contributed by atoms with Gasteiger partial charge in [-0.1, -0.05) is 6.92 Å². The topological polar surface area (TPSA) is 49.4 Å². The Morgan fingerprint density at radius 3 is 2.20 bits per heavy atom. The molecule has 0 bridgehead atoms.